The van der Waals surface area contributed by atoms with Gasteiger partial charge in [-0.25, -0.2) is 0 Å². The zero-order chi connectivity index (χ0) is 12.5. The fraction of sp³-hybridized carbons (Fsp3) is 0.455. The lowest BCUT2D eigenvalue weighted by Crippen LogP contribution is -2.33. The van der Waals surface area contributed by atoms with Crippen molar-refractivity contribution < 1.29 is 9.90 Å². The summed E-state index contributed by atoms with van der Waals surface area (Å²) in [5.41, 5.74) is 0.0833. The van der Waals surface area contributed by atoms with Crippen LogP contribution in [0.15, 0.2) is 10.9 Å². The van der Waals surface area contributed by atoms with E-state index in [1.807, 2.05) is 13.8 Å². The Kier molecular flexibility index (Phi) is 3.37. The van der Waals surface area contributed by atoms with Crippen LogP contribution in [0.2, 0.25) is 0 Å². The van der Waals surface area contributed by atoms with Gasteiger partial charge in [0.2, 0.25) is 5.43 Å². The third kappa shape index (κ3) is 2.24. The topological polar surface area (TPSA) is 71.3 Å². The molecule has 0 aliphatic rings. The van der Waals surface area contributed by atoms with E-state index < -0.39 is 17.1 Å². The van der Waals surface area contributed by atoms with E-state index in [9.17, 15) is 14.7 Å². The standard InChI is InChI=1S/C11H16N2O3/c1-6(2)12-11(16)9-10(15)8(14)5-7(3)13(9)4/h5-6,15H,1-4H3,(H,12,16). The summed E-state index contributed by atoms with van der Waals surface area (Å²) in [6, 6.07) is 1.24. The molecule has 1 aromatic heterocycles. The van der Waals surface area contributed by atoms with Gasteiger partial charge in [0.15, 0.2) is 11.4 Å². The van der Waals surface area contributed by atoms with Gasteiger partial charge in [-0.15, -0.1) is 0 Å². The lowest BCUT2D eigenvalue weighted by atomic mass is 10.2. The Hall–Kier alpha value is -1.78. The Morgan fingerprint density at radius 3 is 2.56 bits per heavy atom. The number of aromatic hydroxyl groups is 1. The molecule has 0 atom stereocenters. The summed E-state index contributed by atoms with van der Waals surface area (Å²) in [6.45, 7) is 5.32. The van der Waals surface area contributed by atoms with Crippen LogP contribution in [0.4, 0.5) is 0 Å². The van der Waals surface area contributed by atoms with Crippen LogP contribution < -0.4 is 10.7 Å². The average Bonchev–Trinajstić information content (AvgIpc) is 2.14. The molecule has 2 N–H and O–H groups in total. The minimum absolute atomic E-state index is 0.00120. The van der Waals surface area contributed by atoms with E-state index in [0.717, 1.165) is 0 Å². The molecular formula is C11H16N2O3. The van der Waals surface area contributed by atoms with Gasteiger partial charge in [-0.05, 0) is 20.8 Å². The van der Waals surface area contributed by atoms with Crippen molar-refractivity contribution in [3.05, 3.63) is 27.7 Å². The number of amides is 1. The van der Waals surface area contributed by atoms with Crippen molar-refractivity contribution in [1.29, 1.82) is 0 Å². The Morgan fingerprint density at radius 2 is 2.06 bits per heavy atom. The summed E-state index contributed by atoms with van der Waals surface area (Å²) in [7, 11) is 1.63. The second kappa shape index (κ2) is 4.38. The third-order valence-corrected chi connectivity index (χ3v) is 2.30. The molecule has 88 valence electrons. The molecule has 16 heavy (non-hydrogen) atoms. The van der Waals surface area contributed by atoms with Gasteiger partial charge >= 0.3 is 0 Å². The van der Waals surface area contributed by atoms with Crippen LogP contribution in [0.1, 0.15) is 30.0 Å². The minimum Gasteiger partial charge on any atom is -0.503 e. The van der Waals surface area contributed by atoms with Crippen molar-refractivity contribution in [1.82, 2.24) is 9.88 Å². The van der Waals surface area contributed by atoms with E-state index in [1.54, 1.807) is 14.0 Å². The largest absolute Gasteiger partial charge is 0.503 e. The fourth-order valence-corrected chi connectivity index (χ4v) is 1.40. The number of pyridine rings is 1. The maximum atomic E-state index is 11.8. The summed E-state index contributed by atoms with van der Waals surface area (Å²) in [4.78, 5) is 23.1. The fourth-order valence-electron chi connectivity index (χ4n) is 1.40. The molecule has 0 aliphatic heterocycles. The Morgan fingerprint density at radius 1 is 1.50 bits per heavy atom. The maximum absolute atomic E-state index is 11.8. The second-order valence-electron chi connectivity index (χ2n) is 4.03. The predicted octanol–water partition coefficient (Wildman–Crippen LogP) is 0.538. The number of hydrogen-bond acceptors (Lipinski definition) is 3. The van der Waals surface area contributed by atoms with Gasteiger partial charge in [-0.1, -0.05) is 0 Å². The molecule has 0 aliphatic carbocycles. The van der Waals surface area contributed by atoms with Crippen LogP contribution >= 0.6 is 0 Å². The van der Waals surface area contributed by atoms with Crippen molar-refractivity contribution >= 4 is 5.91 Å². The quantitative estimate of drug-likeness (QED) is 0.770. The summed E-state index contributed by atoms with van der Waals surface area (Å²) < 4.78 is 1.49. The molecule has 0 unspecified atom stereocenters. The first-order chi connectivity index (χ1) is 7.34. The molecule has 0 spiro atoms. The molecule has 0 bridgehead atoms. The molecule has 0 saturated heterocycles. The maximum Gasteiger partial charge on any atom is 0.272 e. The van der Waals surface area contributed by atoms with Gasteiger partial charge in [0.05, 0.1) is 0 Å². The van der Waals surface area contributed by atoms with E-state index >= 15 is 0 Å². The van der Waals surface area contributed by atoms with E-state index in [1.165, 1.54) is 10.6 Å². The van der Waals surface area contributed by atoms with Crippen molar-refractivity contribution in [3.63, 3.8) is 0 Å². The highest BCUT2D eigenvalue weighted by atomic mass is 16.3. The second-order valence-corrected chi connectivity index (χ2v) is 4.03. The summed E-state index contributed by atoms with van der Waals surface area (Å²) >= 11 is 0. The van der Waals surface area contributed by atoms with E-state index in [2.05, 4.69) is 5.32 Å². The van der Waals surface area contributed by atoms with Crippen LogP contribution in [0, 0.1) is 6.92 Å². The molecule has 0 aromatic carbocycles. The summed E-state index contributed by atoms with van der Waals surface area (Å²) in [5.74, 6) is -0.956. The number of hydrogen-bond donors (Lipinski definition) is 2. The summed E-state index contributed by atoms with van der Waals surface area (Å²) in [5, 5.41) is 12.2. The SMILES string of the molecule is Cc1cc(=O)c(O)c(C(=O)NC(C)C)n1C. The van der Waals surface area contributed by atoms with E-state index in [0.29, 0.717) is 5.69 Å². The number of carbonyl (C=O) groups excluding carboxylic acids is 1. The van der Waals surface area contributed by atoms with Crippen LogP contribution in [-0.4, -0.2) is 21.6 Å². The zero-order valence-electron chi connectivity index (χ0n) is 9.87. The van der Waals surface area contributed by atoms with Crippen molar-refractivity contribution in [2.75, 3.05) is 0 Å². The molecule has 0 radical (unpaired) electrons. The van der Waals surface area contributed by atoms with Gasteiger partial charge in [-0.3, -0.25) is 9.59 Å². The minimum atomic E-state index is -0.537. The monoisotopic (exact) mass is 224 g/mol. The number of carbonyl (C=O) groups is 1. The number of aromatic nitrogens is 1. The Labute approximate surface area is 93.7 Å². The van der Waals surface area contributed by atoms with Gasteiger partial charge in [0, 0.05) is 24.8 Å². The van der Waals surface area contributed by atoms with Gasteiger partial charge in [-0.2, -0.15) is 0 Å². The highest BCUT2D eigenvalue weighted by molar-refractivity contribution is 5.95. The van der Waals surface area contributed by atoms with E-state index in [-0.39, 0.29) is 11.7 Å². The molecule has 1 amide bonds. The highest BCUT2D eigenvalue weighted by Gasteiger charge is 2.18. The first-order valence-electron chi connectivity index (χ1n) is 5.05. The van der Waals surface area contributed by atoms with Crippen LogP contribution in [0.3, 0.4) is 0 Å². The molecule has 1 aromatic rings. The lowest BCUT2D eigenvalue weighted by Gasteiger charge is -2.14. The molecule has 5 nitrogen and oxygen atoms in total. The van der Waals surface area contributed by atoms with Crippen molar-refractivity contribution in [3.8, 4) is 5.75 Å². The smallest absolute Gasteiger partial charge is 0.272 e. The normalized spacial score (nSPS) is 10.6. The van der Waals surface area contributed by atoms with E-state index in [4.69, 9.17) is 0 Å². The first kappa shape index (κ1) is 12.3. The Balaban J connectivity index is 3.32. The van der Waals surface area contributed by atoms with Crippen LogP contribution in [0.25, 0.3) is 0 Å². The lowest BCUT2D eigenvalue weighted by molar-refractivity contribution is 0.0930. The molecule has 1 heterocycles. The van der Waals surface area contributed by atoms with Crippen LogP contribution in [0.5, 0.6) is 5.75 Å². The number of aryl methyl sites for hydroxylation is 1. The molecule has 0 fully saturated rings. The van der Waals surface area contributed by atoms with Gasteiger partial charge in [0.1, 0.15) is 0 Å². The average molecular weight is 224 g/mol. The number of rotatable bonds is 2. The number of nitrogens with zero attached hydrogens (tertiary/aromatic N) is 1. The van der Waals surface area contributed by atoms with Gasteiger partial charge in [0.25, 0.3) is 5.91 Å². The number of nitrogens with one attached hydrogen (secondary N) is 1. The van der Waals surface area contributed by atoms with Crippen molar-refractivity contribution in [2.45, 2.75) is 26.8 Å². The first-order valence-corrected chi connectivity index (χ1v) is 5.05. The highest BCUT2D eigenvalue weighted by Crippen LogP contribution is 2.12. The zero-order valence-corrected chi connectivity index (χ0v) is 9.87. The Bertz CT molecular complexity index is 475. The third-order valence-electron chi connectivity index (χ3n) is 2.30. The van der Waals surface area contributed by atoms with Crippen LogP contribution in [-0.2, 0) is 7.05 Å². The predicted molar refractivity (Wildman–Crippen MR) is 60.7 cm³/mol. The molecule has 0 saturated carbocycles. The summed E-state index contributed by atoms with van der Waals surface area (Å²) in [6.07, 6.45) is 0. The molecule has 5 heteroatoms. The van der Waals surface area contributed by atoms with Crippen molar-refractivity contribution in [2.24, 2.45) is 7.05 Å². The van der Waals surface area contributed by atoms with Gasteiger partial charge < -0.3 is 15.0 Å². The molecular weight excluding hydrogens is 208 g/mol. The molecule has 1 rings (SSSR count).